The van der Waals surface area contributed by atoms with Crippen molar-refractivity contribution < 1.29 is 27.8 Å². The molecule has 1 aromatic heterocycles. The number of anilines is 2. The predicted molar refractivity (Wildman–Crippen MR) is 155 cm³/mol. The van der Waals surface area contributed by atoms with Gasteiger partial charge in [0.25, 0.3) is 0 Å². The lowest BCUT2D eigenvalue weighted by molar-refractivity contribution is -0.138. The molecule has 5 rings (SSSR count). The van der Waals surface area contributed by atoms with Crippen molar-refractivity contribution in [2.75, 3.05) is 63.3 Å². The van der Waals surface area contributed by atoms with E-state index in [-0.39, 0.29) is 42.5 Å². The number of methoxy groups -OCH3 is 1. The molecule has 232 valence electrons. The van der Waals surface area contributed by atoms with Crippen LogP contribution in [0.1, 0.15) is 36.1 Å². The number of ether oxygens (including phenoxy) is 2. The van der Waals surface area contributed by atoms with Gasteiger partial charge in [-0.1, -0.05) is 12.6 Å². The number of benzene rings is 1. The number of aliphatic hydroxyl groups is 1. The summed E-state index contributed by atoms with van der Waals surface area (Å²) in [6.07, 6.45) is -1.33. The zero-order valence-electron chi connectivity index (χ0n) is 24.6. The number of hydrogen-bond acceptors (Lipinski definition) is 10. The molecule has 0 aliphatic carbocycles. The summed E-state index contributed by atoms with van der Waals surface area (Å²) in [7, 11) is 3.29. The minimum absolute atomic E-state index is 0.0359. The number of likely N-dealkylation sites (N-methyl/N-ethyl adjacent to an activating group) is 1. The van der Waals surface area contributed by atoms with Gasteiger partial charge in [-0.15, -0.1) is 0 Å². The summed E-state index contributed by atoms with van der Waals surface area (Å²) < 4.78 is 53.8. The number of aliphatic hydroxyl groups excluding tert-OH is 1. The van der Waals surface area contributed by atoms with E-state index in [2.05, 4.69) is 29.5 Å². The van der Waals surface area contributed by atoms with Gasteiger partial charge >= 0.3 is 12.2 Å². The highest BCUT2D eigenvalue weighted by Crippen LogP contribution is 2.44. The summed E-state index contributed by atoms with van der Waals surface area (Å²) in [5.41, 5.74) is 0.680. The highest BCUT2D eigenvalue weighted by atomic mass is 19.4. The molecule has 3 aliphatic heterocycles. The molecule has 2 aromatic rings. The second kappa shape index (κ2) is 13.0. The van der Waals surface area contributed by atoms with Crippen molar-refractivity contribution in [1.82, 2.24) is 19.8 Å². The Morgan fingerprint density at radius 3 is 2.67 bits per heavy atom. The van der Waals surface area contributed by atoms with Gasteiger partial charge < -0.3 is 29.3 Å². The number of hydrogen-bond donors (Lipinski definition) is 1. The summed E-state index contributed by atoms with van der Waals surface area (Å²) in [6, 6.07) is 6.70. The topological polar surface area (TPSA) is 101 Å². The van der Waals surface area contributed by atoms with E-state index in [0.29, 0.717) is 50.7 Å². The van der Waals surface area contributed by atoms with Crippen LogP contribution in [0.4, 0.5) is 24.7 Å². The van der Waals surface area contributed by atoms with Crippen molar-refractivity contribution in [2.45, 2.75) is 56.7 Å². The van der Waals surface area contributed by atoms with Crippen LogP contribution in [0, 0.1) is 11.3 Å². The number of aromatic nitrogens is 2. The minimum Gasteiger partial charge on any atom is -0.496 e. The summed E-state index contributed by atoms with van der Waals surface area (Å²) in [6.45, 7) is 6.98. The maximum atomic E-state index is 14.2. The number of nitriles is 1. The molecule has 1 N–H and O–H groups in total. The van der Waals surface area contributed by atoms with Gasteiger partial charge in [0.05, 0.1) is 37.5 Å². The van der Waals surface area contributed by atoms with Crippen molar-refractivity contribution in [3.63, 3.8) is 0 Å². The first-order valence-corrected chi connectivity index (χ1v) is 14.5. The second-order valence-electron chi connectivity index (χ2n) is 11.2. The maximum absolute atomic E-state index is 14.2. The molecule has 0 spiro atoms. The Kier molecular flexibility index (Phi) is 9.29. The van der Waals surface area contributed by atoms with Gasteiger partial charge in [0.2, 0.25) is 0 Å². The second-order valence-corrected chi connectivity index (χ2v) is 11.2. The molecule has 10 nitrogen and oxygen atoms in total. The first-order chi connectivity index (χ1) is 20.6. The van der Waals surface area contributed by atoms with Gasteiger partial charge in [0, 0.05) is 43.8 Å². The molecule has 3 atom stereocenters. The summed E-state index contributed by atoms with van der Waals surface area (Å²) in [5, 5.41) is 19.9. The van der Waals surface area contributed by atoms with E-state index in [1.807, 2.05) is 4.90 Å². The largest absolute Gasteiger partial charge is 0.496 e. The lowest BCUT2D eigenvalue weighted by atomic mass is 10.0. The number of halogens is 3. The van der Waals surface area contributed by atoms with E-state index in [0.717, 1.165) is 24.9 Å². The van der Waals surface area contributed by atoms with Gasteiger partial charge in [0.15, 0.2) is 0 Å². The third kappa shape index (κ3) is 6.51. The quantitative estimate of drug-likeness (QED) is 0.430. The Morgan fingerprint density at radius 1 is 1.19 bits per heavy atom. The molecule has 3 aliphatic rings. The SMILES string of the molecule is C=CC(O)N1CCN(c2nc(OC[C@@H]3CCCN3C)nc3c2CCN(c2cccc(OC)c2C(F)(F)F)C3)C[C@@H]1CC#N. The molecule has 0 bridgehead atoms. The van der Waals surface area contributed by atoms with Crippen molar-refractivity contribution >= 4 is 11.5 Å². The molecule has 1 aromatic carbocycles. The summed E-state index contributed by atoms with van der Waals surface area (Å²) in [5.74, 6) is 0.434. The molecular weight excluding hydrogens is 563 g/mol. The minimum atomic E-state index is -4.61. The van der Waals surface area contributed by atoms with Crippen LogP contribution in [0.3, 0.4) is 0 Å². The predicted octanol–water partition coefficient (Wildman–Crippen LogP) is 3.45. The average Bonchev–Trinajstić information content (AvgIpc) is 3.42. The smallest absolute Gasteiger partial charge is 0.421 e. The average molecular weight is 602 g/mol. The molecular formula is C30H38F3N7O3. The molecule has 2 saturated heterocycles. The lowest BCUT2D eigenvalue weighted by Gasteiger charge is -2.43. The lowest BCUT2D eigenvalue weighted by Crippen LogP contribution is -2.56. The third-order valence-corrected chi connectivity index (χ3v) is 8.65. The molecule has 1 unspecified atom stereocenters. The standard InChI is InChI=1S/C30H38F3N7O3/c1-4-26(41)40-16-15-39(17-20(40)10-12-34)28-22-11-14-38(24-8-5-9-25(42-3)27(24)30(31,32)33)18-23(22)35-29(36-28)43-19-21-7-6-13-37(21)2/h4-5,8-9,20-21,26,41H,1,6-7,10-11,13-19H2,2-3H3/t20-,21-,26?/m0/s1. The van der Waals surface area contributed by atoms with Crippen molar-refractivity contribution in [3.05, 3.63) is 47.7 Å². The van der Waals surface area contributed by atoms with Crippen LogP contribution in [-0.2, 0) is 19.1 Å². The Bertz CT molecular complexity index is 1350. The monoisotopic (exact) mass is 601 g/mol. The Hall–Kier alpha value is -3.60. The Labute approximate surface area is 249 Å². The highest BCUT2D eigenvalue weighted by Gasteiger charge is 2.40. The van der Waals surface area contributed by atoms with Crippen molar-refractivity contribution in [1.29, 1.82) is 5.26 Å². The summed E-state index contributed by atoms with van der Waals surface area (Å²) in [4.78, 5) is 17.4. The van der Waals surface area contributed by atoms with E-state index >= 15 is 0 Å². The third-order valence-electron chi connectivity index (χ3n) is 8.65. The zero-order valence-corrected chi connectivity index (χ0v) is 24.6. The number of likely N-dealkylation sites (tertiary alicyclic amines) is 1. The number of piperazine rings is 1. The van der Waals surface area contributed by atoms with Gasteiger partial charge in [-0.3, -0.25) is 4.90 Å². The van der Waals surface area contributed by atoms with Crippen molar-refractivity contribution in [3.8, 4) is 17.8 Å². The molecule has 0 saturated carbocycles. The molecule has 0 amide bonds. The fourth-order valence-electron chi connectivity index (χ4n) is 6.35. The van der Waals surface area contributed by atoms with Crippen LogP contribution < -0.4 is 19.3 Å². The van der Waals surface area contributed by atoms with Crippen molar-refractivity contribution in [2.24, 2.45) is 0 Å². The van der Waals surface area contributed by atoms with Crippen LogP contribution >= 0.6 is 0 Å². The van der Waals surface area contributed by atoms with E-state index in [4.69, 9.17) is 19.4 Å². The Balaban J connectivity index is 1.49. The normalized spacial score (nSPS) is 22.2. The zero-order chi connectivity index (χ0) is 30.7. The highest BCUT2D eigenvalue weighted by molar-refractivity contribution is 5.63. The van der Waals surface area contributed by atoms with Crippen LogP contribution in [0.2, 0.25) is 0 Å². The number of alkyl halides is 3. The maximum Gasteiger partial charge on any atom is 0.421 e. The van der Waals surface area contributed by atoms with E-state index < -0.39 is 18.0 Å². The first kappa shape index (κ1) is 30.8. The Morgan fingerprint density at radius 2 is 2.00 bits per heavy atom. The van der Waals surface area contributed by atoms with Gasteiger partial charge in [-0.2, -0.15) is 28.4 Å². The fraction of sp³-hybridized carbons (Fsp3) is 0.567. The van der Waals surface area contributed by atoms with Crippen LogP contribution in [0.25, 0.3) is 0 Å². The van der Waals surface area contributed by atoms with Crippen LogP contribution in [0.5, 0.6) is 11.8 Å². The fourth-order valence-corrected chi connectivity index (χ4v) is 6.35. The van der Waals surface area contributed by atoms with E-state index in [1.165, 1.54) is 25.3 Å². The summed E-state index contributed by atoms with van der Waals surface area (Å²) >= 11 is 0. The number of fused-ring (bicyclic) bond motifs is 1. The molecule has 43 heavy (non-hydrogen) atoms. The van der Waals surface area contributed by atoms with Gasteiger partial charge in [0.1, 0.15) is 30.0 Å². The van der Waals surface area contributed by atoms with Crippen LogP contribution in [0.15, 0.2) is 30.9 Å². The van der Waals surface area contributed by atoms with Crippen LogP contribution in [-0.4, -0.2) is 96.7 Å². The van der Waals surface area contributed by atoms with E-state index in [9.17, 15) is 23.5 Å². The molecule has 4 heterocycles. The molecule has 2 fully saturated rings. The number of nitrogens with zero attached hydrogens (tertiary/aromatic N) is 7. The van der Waals surface area contributed by atoms with Gasteiger partial charge in [-0.05, 0) is 51.1 Å². The first-order valence-electron chi connectivity index (χ1n) is 14.5. The van der Waals surface area contributed by atoms with Gasteiger partial charge in [-0.25, -0.2) is 0 Å². The van der Waals surface area contributed by atoms with E-state index in [1.54, 1.807) is 11.0 Å². The molecule has 13 heteroatoms. The number of rotatable bonds is 9. The molecule has 0 radical (unpaired) electrons.